The van der Waals surface area contributed by atoms with Crippen molar-refractivity contribution in [3.05, 3.63) is 35.4 Å². The molecule has 1 atom stereocenters. The maximum Gasteiger partial charge on any atom is 0.390 e. The van der Waals surface area contributed by atoms with Crippen molar-refractivity contribution in [2.75, 3.05) is 7.05 Å². The highest BCUT2D eigenvalue weighted by molar-refractivity contribution is 5.28. The van der Waals surface area contributed by atoms with E-state index in [2.05, 4.69) is 5.32 Å². The van der Waals surface area contributed by atoms with Gasteiger partial charge in [0.15, 0.2) is 0 Å². The van der Waals surface area contributed by atoms with E-state index < -0.39 is 18.6 Å². The molecule has 0 heterocycles. The predicted octanol–water partition coefficient (Wildman–Crippen LogP) is 4.17. The van der Waals surface area contributed by atoms with Gasteiger partial charge in [0.05, 0.1) is 6.42 Å². The van der Waals surface area contributed by atoms with Crippen LogP contribution >= 0.6 is 0 Å². The van der Waals surface area contributed by atoms with Gasteiger partial charge in [0.25, 0.3) is 0 Å². The number of alkyl halides is 3. The van der Waals surface area contributed by atoms with Crippen LogP contribution in [-0.2, 0) is 0 Å². The van der Waals surface area contributed by atoms with Crippen molar-refractivity contribution in [1.82, 2.24) is 5.32 Å². The third kappa shape index (κ3) is 3.25. The highest BCUT2D eigenvalue weighted by Crippen LogP contribution is 2.37. The van der Waals surface area contributed by atoms with Crippen molar-refractivity contribution in [2.24, 2.45) is 0 Å². The summed E-state index contributed by atoms with van der Waals surface area (Å²) in [5, 5.41) is 2.73. The van der Waals surface area contributed by atoms with Gasteiger partial charge in [-0.1, -0.05) is 30.7 Å². The summed E-state index contributed by atoms with van der Waals surface area (Å²) >= 11 is 0. The van der Waals surface area contributed by atoms with Crippen LogP contribution in [0.5, 0.6) is 0 Å². The maximum atomic E-state index is 12.4. The third-order valence-electron chi connectivity index (χ3n) is 3.70. The zero-order valence-corrected chi connectivity index (χ0v) is 10.4. The molecule has 0 aliphatic heterocycles. The van der Waals surface area contributed by atoms with Gasteiger partial charge in [0.2, 0.25) is 0 Å². The SMILES string of the molecule is CNC(CC(F)(F)F)c1ccc(C2CCC2)cc1. The molecule has 0 saturated heterocycles. The Kier molecular flexibility index (Phi) is 3.95. The van der Waals surface area contributed by atoms with E-state index in [1.54, 1.807) is 7.05 Å². The molecule has 18 heavy (non-hydrogen) atoms. The Bertz CT molecular complexity index is 379. The van der Waals surface area contributed by atoms with Crippen molar-refractivity contribution in [2.45, 2.75) is 43.8 Å². The van der Waals surface area contributed by atoms with E-state index in [9.17, 15) is 13.2 Å². The van der Waals surface area contributed by atoms with Gasteiger partial charge in [-0.2, -0.15) is 13.2 Å². The van der Waals surface area contributed by atoms with Gasteiger partial charge in [0, 0.05) is 6.04 Å². The van der Waals surface area contributed by atoms with Crippen molar-refractivity contribution in [3.8, 4) is 0 Å². The maximum absolute atomic E-state index is 12.4. The molecule has 1 fully saturated rings. The lowest BCUT2D eigenvalue weighted by molar-refractivity contribution is -0.140. The second kappa shape index (κ2) is 5.31. The van der Waals surface area contributed by atoms with Gasteiger partial charge in [-0.25, -0.2) is 0 Å². The minimum Gasteiger partial charge on any atom is -0.313 e. The van der Waals surface area contributed by atoms with Crippen LogP contribution in [0.2, 0.25) is 0 Å². The highest BCUT2D eigenvalue weighted by atomic mass is 19.4. The summed E-state index contributed by atoms with van der Waals surface area (Å²) in [5.74, 6) is 0.620. The van der Waals surface area contributed by atoms with Gasteiger partial charge in [0.1, 0.15) is 0 Å². The molecule has 2 rings (SSSR count). The van der Waals surface area contributed by atoms with E-state index in [4.69, 9.17) is 0 Å². The van der Waals surface area contributed by atoms with Crippen LogP contribution < -0.4 is 5.32 Å². The van der Waals surface area contributed by atoms with E-state index in [0.717, 1.165) is 0 Å². The van der Waals surface area contributed by atoms with Gasteiger partial charge in [-0.15, -0.1) is 0 Å². The second-order valence-corrected chi connectivity index (χ2v) is 4.96. The average molecular weight is 257 g/mol. The highest BCUT2D eigenvalue weighted by Gasteiger charge is 2.32. The normalized spacial score (nSPS) is 18.4. The smallest absolute Gasteiger partial charge is 0.313 e. The lowest BCUT2D eigenvalue weighted by atomic mass is 9.80. The van der Waals surface area contributed by atoms with Crippen LogP contribution in [0.4, 0.5) is 13.2 Å². The summed E-state index contributed by atoms with van der Waals surface area (Å²) < 4.78 is 37.2. The molecule has 100 valence electrons. The molecule has 1 aromatic carbocycles. The first-order valence-corrected chi connectivity index (χ1v) is 6.33. The van der Waals surface area contributed by atoms with E-state index in [-0.39, 0.29) is 0 Å². The summed E-state index contributed by atoms with van der Waals surface area (Å²) in [7, 11) is 1.57. The van der Waals surface area contributed by atoms with E-state index in [0.29, 0.717) is 11.5 Å². The molecule has 0 spiro atoms. The van der Waals surface area contributed by atoms with Gasteiger partial charge in [-0.05, 0) is 36.9 Å². The van der Waals surface area contributed by atoms with E-state index >= 15 is 0 Å². The Hall–Kier alpha value is -1.03. The first kappa shape index (κ1) is 13.4. The first-order chi connectivity index (χ1) is 8.49. The number of nitrogens with one attached hydrogen (secondary N) is 1. The first-order valence-electron chi connectivity index (χ1n) is 6.33. The number of hydrogen-bond donors (Lipinski definition) is 1. The van der Waals surface area contributed by atoms with Crippen LogP contribution in [-0.4, -0.2) is 13.2 Å². The van der Waals surface area contributed by atoms with Crippen molar-refractivity contribution < 1.29 is 13.2 Å². The summed E-state index contributed by atoms with van der Waals surface area (Å²) in [6.45, 7) is 0. The Morgan fingerprint density at radius 1 is 1.22 bits per heavy atom. The minimum absolute atomic E-state index is 0.620. The Morgan fingerprint density at radius 3 is 2.22 bits per heavy atom. The van der Waals surface area contributed by atoms with Crippen LogP contribution in [0.25, 0.3) is 0 Å². The zero-order chi connectivity index (χ0) is 13.2. The largest absolute Gasteiger partial charge is 0.390 e. The van der Waals surface area contributed by atoms with Crippen molar-refractivity contribution in [1.29, 1.82) is 0 Å². The molecule has 1 aliphatic rings. The molecular formula is C14H18F3N. The van der Waals surface area contributed by atoms with Gasteiger partial charge < -0.3 is 5.32 Å². The summed E-state index contributed by atoms with van der Waals surface area (Å²) in [5.41, 5.74) is 1.96. The van der Waals surface area contributed by atoms with Crippen LogP contribution in [0.3, 0.4) is 0 Å². The molecule has 1 aromatic rings. The van der Waals surface area contributed by atoms with Crippen molar-refractivity contribution in [3.63, 3.8) is 0 Å². The fraction of sp³-hybridized carbons (Fsp3) is 0.571. The fourth-order valence-electron chi connectivity index (χ4n) is 2.36. The minimum atomic E-state index is -4.14. The number of hydrogen-bond acceptors (Lipinski definition) is 1. The van der Waals surface area contributed by atoms with E-state index in [1.807, 2.05) is 24.3 Å². The molecule has 1 saturated carbocycles. The molecule has 1 unspecified atom stereocenters. The second-order valence-electron chi connectivity index (χ2n) is 4.96. The Labute approximate surface area is 105 Å². The van der Waals surface area contributed by atoms with Crippen molar-refractivity contribution >= 4 is 0 Å². The summed E-state index contributed by atoms with van der Waals surface area (Å²) in [4.78, 5) is 0. The topological polar surface area (TPSA) is 12.0 Å². The zero-order valence-electron chi connectivity index (χ0n) is 10.4. The average Bonchev–Trinajstić information content (AvgIpc) is 2.23. The molecule has 4 heteroatoms. The standard InChI is InChI=1S/C14H18F3N/c1-18-13(9-14(15,16)17)12-7-5-11(6-8-12)10-3-2-4-10/h5-8,10,13,18H,2-4,9H2,1H3. The molecule has 0 bridgehead atoms. The van der Waals surface area contributed by atoms with Crippen LogP contribution in [0.15, 0.2) is 24.3 Å². The van der Waals surface area contributed by atoms with E-state index in [1.165, 1.54) is 24.8 Å². The molecular weight excluding hydrogens is 239 g/mol. The van der Waals surface area contributed by atoms with Crippen LogP contribution in [0.1, 0.15) is 48.8 Å². The lowest BCUT2D eigenvalue weighted by Gasteiger charge is -2.26. The molecule has 1 nitrogen and oxygen atoms in total. The Morgan fingerprint density at radius 2 is 1.83 bits per heavy atom. The molecule has 0 radical (unpaired) electrons. The number of benzene rings is 1. The molecule has 1 aliphatic carbocycles. The summed E-state index contributed by atoms with van der Waals surface area (Å²) in [6.07, 6.45) is -1.29. The monoisotopic (exact) mass is 257 g/mol. The van der Waals surface area contributed by atoms with Gasteiger partial charge >= 0.3 is 6.18 Å². The lowest BCUT2D eigenvalue weighted by Crippen LogP contribution is -2.23. The molecule has 1 N–H and O–H groups in total. The summed E-state index contributed by atoms with van der Waals surface area (Å²) in [6, 6.07) is 6.93. The van der Waals surface area contributed by atoms with Crippen LogP contribution in [0, 0.1) is 0 Å². The Balaban J connectivity index is 2.06. The molecule has 0 amide bonds. The quantitative estimate of drug-likeness (QED) is 0.853. The number of halogens is 3. The predicted molar refractivity (Wildman–Crippen MR) is 65.5 cm³/mol. The fourth-order valence-corrected chi connectivity index (χ4v) is 2.36. The number of rotatable bonds is 4. The molecule has 0 aromatic heterocycles. The third-order valence-corrected chi connectivity index (χ3v) is 3.70. The van der Waals surface area contributed by atoms with Gasteiger partial charge in [-0.3, -0.25) is 0 Å².